The summed E-state index contributed by atoms with van der Waals surface area (Å²) in [5.41, 5.74) is 2.99. The largest absolute Gasteiger partial charge is 0.494 e. The van der Waals surface area contributed by atoms with E-state index < -0.39 is 11.6 Å². The Labute approximate surface area is 199 Å². The summed E-state index contributed by atoms with van der Waals surface area (Å²) in [5.74, 6) is -0.564. The second kappa shape index (κ2) is 9.38. The first-order valence-corrected chi connectivity index (χ1v) is 11.0. The molecular formula is C25H20F2N6O2. The number of H-pyrrole nitrogens is 1. The van der Waals surface area contributed by atoms with Crippen LogP contribution in [0.15, 0.2) is 52.1 Å². The summed E-state index contributed by atoms with van der Waals surface area (Å²) in [6.45, 7) is 3.26. The predicted octanol–water partition coefficient (Wildman–Crippen LogP) is 5.02. The Kier molecular flexibility index (Phi) is 5.97. The fourth-order valence-electron chi connectivity index (χ4n) is 3.75. The summed E-state index contributed by atoms with van der Waals surface area (Å²) in [6, 6.07) is 13.1. The van der Waals surface area contributed by atoms with Crippen LogP contribution in [0.3, 0.4) is 0 Å². The molecule has 1 aliphatic heterocycles. The minimum absolute atomic E-state index is 0.0555. The highest BCUT2D eigenvalue weighted by Gasteiger charge is 2.21. The van der Waals surface area contributed by atoms with E-state index in [0.717, 1.165) is 12.5 Å². The lowest BCUT2D eigenvalue weighted by Gasteiger charge is -2.19. The molecule has 0 bridgehead atoms. The van der Waals surface area contributed by atoms with Crippen molar-refractivity contribution in [2.75, 3.05) is 6.61 Å². The van der Waals surface area contributed by atoms with Crippen molar-refractivity contribution < 1.29 is 18.0 Å². The number of nitrogens with zero attached hydrogens (tertiary/aromatic N) is 5. The second-order valence-electron chi connectivity index (χ2n) is 7.96. The number of rotatable bonds is 7. The van der Waals surface area contributed by atoms with Crippen LogP contribution >= 0.6 is 0 Å². The fourth-order valence-corrected chi connectivity index (χ4v) is 3.75. The van der Waals surface area contributed by atoms with Crippen LogP contribution in [0.25, 0.3) is 22.7 Å². The van der Waals surface area contributed by atoms with Crippen molar-refractivity contribution >= 4 is 6.21 Å². The SMILES string of the molecule is CCCOc1ccc(-c2cc(CN3Cc4nc(-c5cccc(F)c5F)[nH]c4C=N3)no2)c(C#N)c1. The summed E-state index contributed by atoms with van der Waals surface area (Å²) in [5, 5.41) is 19.8. The topological polar surface area (TPSA) is 103 Å². The molecule has 176 valence electrons. The summed E-state index contributed by atoms with van der Waals surface area (Å²) in [6.07, 6.45) is 2.45. The molecule has 0 saturated heterocycles. The molecule has 3 heterocycles. The molecule has 0 amide bonds. The van der Waals surface area contributed by atoms with Gasteiger partial charge in [0, 0.05) is 11.6 Å². The number of aromatic amines is 1. The van der Waals surface area contributed by atoms with Crippen LogP contribution in [-0.4, -0.2) is 33.0 Å². The number of hydrogen-bond acceptors (Lipinski definition) is 7. The molecule has 1 N–H and O–H groups in total. The number of fused-ring (bicyclic) bond motifs is 1. The van der Waals surface area contributed by atoms with E-state index in [-0.39, 0.29) is 11.4 Å². The first-order chi connectivity index (χ1) is 17.1. The van der Waals surface area contributed by atoms with E-state index >= 15 is 0 Å². The average molecular weight is 474 g/mol. The highest BCUT2D eigenvalue weighted by atomic mass is 19.2. The van der Waals surface area contributed by atoms with Gasteiger partial charge in [-0.25, -0.2) is 13.8 Å². The van der Waals surface area contributed by atoms with E-state index in [4.69, 9.17) is 9.26 Å². The van der Waals surface area contributed by atoms with Crippen LogP contribution in [0.2, 0.25) is 0 Å². The molecule has 0 fully saturated rings. The second-order valence-corrected chi connectivity index (χ2v) is 7.96. The number of aromatic nitrogens is 3. The number of nitriles is 1. The maximum absolute atomic E-state index is 14.2. The average Bonchev–Trinajstić information content (AvgIpc) is 3.51. The van der Waals surface area contributed by atoms with Crippen LogP contribution < -0.4 is 4.74 Å². The van der Waals surface area contributed by atoms with Crippen LogP contribution in [0.5, 0.6) is 5.75 Å². The van der Waals surface area contributed by atoms with Gasteiger partial charge >= 0.3 is 0 Å². The Balaban J connectivity index is 1.31. The van der Waals surface area contributed by atoms with Gasteiger partial charge in [-0.3, -0.25) is 5.01 Å². The van der Waals surface area contributed by atoms with Gasteiger partial charge in [0.1, 0.15) is 23.3 Å². The number of hydrogen-bond donors (Lipinski definition) is 1. The fraction of sp³-hybridized carbons (Fsp3) is 0.200. The van der Waals surface area contributed by atoms with Crippen molar-refractivity contribution in [2.45, 2.75) is 26.4 Å². The predicted molar refractivity (Wildman–Crippen MR) is 123 cm³/mol. The zero-order valence-corrected chi connectivity index (χ0v) is 18.8. The molecule has 0 saturated carbocycles. The van der Waals surface area contributed by atoms with Crippen LogP contribution in [0.4, 0.5) is 8.78 Å². The molecule has 0 unspecified atom stereocenters. The van der Waals surface area contributed by atoms with Gasteiger partial charge in [0.25, 0.3) is 0 Å². The first kappa shape index (κ1) is 22.3. The first-order valence-electron chi connectivity index (χ1n) is 11.0. The van der Waals surface area contributed by atoms with Gasteiger partial charge in [-0.15, -0.1) is 0 Å². The zero-order valence-electron chi connectivity index (χ0n) is 18.8. The minimum Gasteiger partial charge on any atom is -0.494 e. The van der Waals surface area contributed by atoms with E-state index in [2.05, 4.69) is 26.3 Å². The van der Waals surface area contributed by atoms with Crippen molar-refractivity contribution in [3.05, 3.63) is 76.7 Å². The third kappa shape index (κ3) is 4.48. The van der Waals surface area contributed by atoms with Crippen molar-refractivity contribution in [2.24, 2.45) is 5.10 Å². The van der Waals surface area contributed by atoms with E-state index in [1.165, 1.54) is 12.1 Å². The zero-order chi connectivity index (χ0) is 24.4. The smallest absolute Gasteiger partial charge is 0.169 e. The van der Waals surface area contributed by atoms with Gasteiger partial charge in [0.15, 0.2) is 17.4 Å². The molecule has 35 heavy (non-hydrogen) atoms. The number of nitrogens with one attached hydrogen (secondary N) is 1. The van der Waals surface area contributed by atoms with Crippen molar-refractivity contribution in [1.29, 1.82) is 5.26 Å². The maximum Gasteiger partial charge on any atom is 0.169 e. The number of benzene rings is 2. The Morgan fingerprint density at radius 3 is 2.91 bits per heavy atom. The van der Waals surface area contributed by atoms with E-state index in [1.807, 2.05) is 6.92 Å². The minimum atomic E-state index is -0.954. The van der Waals surface area contributed by atoms with E-state index in [9.17, 15) is 14.0 Å². The van der Waals surface area contributed by atoms with Crippen molar-refractivity contribution in [3.63, 3.8) is 0 Å². The molecular weight excluding hydrogens is 454 g/mol. The van der Waals surface area contributed by atoms with Gasteiger partial charge in [-0.2, -0.15) is 10.4 Å². The summed E-state index contributed by atoms with van der Waals surface area (Å²) in [4.78, 5) is 7.42. The van der Waals surface area contributed by atoms with Gasteiger partial charge in [-0.05, 0) is 36.8 Å². The highest BCUT2D eigenvalue weighted by Crippen LogP contribution is 2.29. The third-order valence-corrected chi connectivity index (χ3v) is 5.45. The monoisotopic (exact) mass is 474 g/mol. The quantitative estimate of drug-likeness (QED) is 0.403. The molecule has 2 aromatic heterocycles. The molecule has 0 spiro atoms. The van der Waals surface area contributed by atoms with Crippen LogP contribution in [0.1, 0.15) is 36.0 Å². The highest BCUT2D eigenvalue weighted by molar-refractivity contribution is 5.80. The molecule has 2 aromatic carbocycles. The van der Waals surface area contributed by atoms with E-state index in [1.54, 1.807) is 35.5 Å². The Bertz CT molecular complexity index is 1450. The lowest BCUT2D eigenvalue weighted by Crippen LogP contribution is -2.21. The molecule has 4 aromatic rings. The Morgan fingerprint density at radius 1 is 1.20 bits per heavy atom. The van der Waals surface area contributed by atoms with Gasteiger partial charge in [0.05, 0.1) is 48.4 Å². The lowest BCUT2D eigenvalue weighted by molar-refractivity contribution is 0.255. The Morgan fingerprint density at radius 2 is 2.09 bits per heavy atom. The summed E-state index contributed by atoms with van der Waals surface area (Å²) in [7, 11) is 0. The molecule has 0 aliphatic carbocycles. The van der Waals surface area contributed by atoms with Gasteiger partial charge in [0.2, 0.25) is 0 Å². The van der Waals surface area contributed by atoms with E-state index in [0.29, 0.717) is 59.4 Å². The van der Waals surface area contributed by atoms with Crippen molar-refractivity contribution in [1.82, 2.24) is 20.1 Å². The van der Waals surface area contributed by atoms with Crippen molar-refractivity contribution in [3.8, 4) is 34.5 Å². The standard InChI is InChI=1S/C25H20F2N6O2/c1-2-8-34-17-6-7-18(15(9-17)11-28)23-10-16(32-35-23)13-33-14-22-21(12-29-33)30-25(31-22)19-4-3-5-20(26)24(19)27/h3-7,9-10,12H,2,8,13-14H2,1H3,(H,30,31). The normalized spacial score (nSPS) is 12.5. The number of imidazole rings is 1. The number of ether oxygens (including phenoxy) is 1. The van der Waals surface area contributed by atoms with Crippen LogP contribution in [0, 0.1) is 23.0 Å². The molecule has 10 heteroatoms. The molecule has 0 atom stereocenters. The molecule has 0 radical (unpaired) electrons. The van der Waals surface area contributed by atoms with Gasteiger partial charge in [-0.1, -0.05) is 18.1 Å². The maximum atomic E-state index is 14.2. The van der Waals surface area contributed by atoms with Gasteiger partial charge < -0.3 is 14.2 Å². The number of hydrazone groups is 1. The summed E-state index contributed by atoms with van der Waals surface area (Å²) < 4.78 is 38.9. The molecule has 1 aliphatic rings. The summed E-state index contributed by atoms with van der Waals surface area (Å²) >= 11 is 0. The lowest BCUT2D eigenvalue weighted by atomic mass is 10.1. The van der Waals surface area contributed by atoms with Crippen LogP contribution in [-0.2, 0) is 13.1 Å². The Hall–Kier alpha value is -4.52. The third-order valence-electron chi connectivity index (χ3n) is 5.45. The molecule has 5 rings (SSSR count). The number of halogens is 2. The molecule has 8 nitrogen and oxygen atoms in total.